The molecule has 0 atom stereocenters. The standard InChI is InChI=1S/C12H7BrF2OS/c13-12-4-2-8(17-12)6-11(16)9-5-7(14)1-3-10(9)15/h1-5H,6H2. The Bertz CT molecular complexity index is 565. The normalized spacial score (nSPS) is 10.5. The van der Waals surface area contributed by atoms with E-state index in [0.29, 0.717) is 0 Å². The van der Waals surface area contributed by atoms with E-state index in [0.717, 1.165) is 26.9 Å². The van der Waals surface area contributed by atoms with Gasteiger partial charge in [0.15, 0.2) is 5.78 Å². The van der Waals surface area contributed by atoms with Gasteiger partial charge < -0.3 is 0 Å². The largest absolute Gasteiger partial charge is 0.294 e. The third-order valence-electron chi connectivity index (χ3n) is 2.19. The molecule has 1 nitrogen and oxygen atoms in total. The highest BCUT2D eigenvalue weighted by Gasteiger charge is 2.14. The van der Waals surface area contributed by atoms with E-state index in [1.165, 1.54) is 11.3 Å². The number of hydrogen-bond donors (Lipinski definition) is 0. The lowest BCUT2D eigenvalue weighted by Gasteiger charge is -2.01. The zero-order valence-electron chi connectivity index (χ0n) is 8.54. The third kappa shape index (κ3) is 2.98. The average molecular weight is 317 g/mol. The van der Waals surface area contributed by atoms with Gasteiger partial charge in [0, 0.05) is 11.3 Å². The average Bonchev–Trinajstić information content (AvgIpc) is 2.67. The van der Waals surface area contributed by atoms with Crippen LogP contribution < -0.4 is 0 Å². The zero-order valence-corrected chi connectivity index (χ0v) is 10.9. The summed E-state index contributed by atoms with van der Waals surface area (Å²) in [5.41, 5.74) is -0.200. The molecule has 0 bridgehead atoms. The van der Waals surface area contributed by atoms with Crippen LogP contribution in [-0.2, 0) is 6.42 Å². The molecule has 0 aliphatic heterocycles. The van der Waals surface area contributed by atoms with Gasteiger partial charge in [-0.05, 0) is 46.3 Å². The fourth-order valence-electron chi connectivity index (χ4n) is 1.41. The van der Waals surface area contributed by atoms with Gasteiger partial charge in [-0.1, -0.05) is 0 Å². The Labute approximate surface area is 109 Å². The van der Waals surface area contributed by atoms with Crippen molar-refractivity contribution in [2.45, 2.75) is 6.42 Å². The molecular formula is C12H7BrF2OS. The monoisotopic (exact) mass is 316 g/mol. The van der Waals surface area contributed by atoms with Crippen molar-refractivity contribution in [1.82, 2.24) is 0 Å². The summed E-state index contributed by atoms with van der Waals surface area (Å²) in [5, 5.41) is 0. The van der Waals surface area contributed by atoms with Gasteiger partial charge in [0.05, 0.1) is 9.35 Å². The Morgan fingerprint density at radius 2 is 2.00 bits per heavy atom. The SMILES string of the molecule is O=C(Cc1ccc(Br)s1)c1cc(F)ccc1F. The van der Waals surface area contributed by atoms with Gasteiger partial charge in [-0.3, -0.25) is 4.79 Å². The molecule has 0 aliphatic rings. The Morgan fingerprint density at radius 3 is 2.65 bits per heavy atom. The van der Waals surface area contributed by atoms with Crippen molar-refractivity contribution < 1.29 is 13.6 Å². The van der Waals surface area contributed by atoms with E-state index in [9.17, 15) is 13.6 Å². The van der Waals surface area contributed by atoms with Gasteiger partial charge in [-0.2, -0.15) is 0 Å². The maximum absolute atomic E-state index is 13.3. The molecule has 2 rings (SSSR count). The third-order valence-corrected chi connectivity index (χ3v) is 3.82. The molecule has 5 heteroatoms. The smallest absolute Gasteiger partial charge is 0.171 e. The van der Waals surface area contributed by atoms with Gasteiger partial charge >= 0.3 is 0 Å². The minimum absolute atomic E-state index is 0.0800. The van der Waals surface area contributed by atoms with Gasteiger partial charge in [0.25, 0.3) is 0 Å². The minimum atomic E-state index is -0.688. The van der Waals surface area contributed by atoms with Crippen molar-refractivity contribution in [2.75, 3.05) is 0 Å². The number of benzene rings is 1. The molecule has 0 amide bonds. The molecule has 0 saturated carbocycles. The van der Waals surface area contributed by atoms with Gasteiger partial charge in [0.1, 0.15) is 11.6 Å². The molecule has 1 aromatic carbocycles. The topological polar surface area (TPSA) is 17.1 Å². The first-order valence-corrected chi connectivity index (χ1v) is 6.39. The van der Waals surface area contributed by atoms with Crippen LogP contribution in [0.1, 0.15) is 15.2 Å². The lowest BCUT2D eigenvalue weighted by molar-refractivity contribution is 0.0989. The van der Waals surface area contributed by atoms with E-state index in [1.54, 1.807) is 6.07 Å². The summed E-state index contributed by atoms with van der Waals surface area (Å²) in [7, 11) is 0. The first kappa shape index (κ1) is 12.4. The van der Waals surface area contributed by atoms with Crippen LogP contribution in [0.4, 0.5) is 8.78 Å². The molecular weight excluding hydrogens is 310 g/mol. The van der Waals surface area contributed by atoms with E-state index in [1.807, 2.05) is 6.07 Å². The Balaban J connectivity index is 2.22. The molecule has 2 aromatic rings. The lowest BCUT2D eigenvalue weighted by atomic mass is 10.1. The number of rotatable bonds is 3. The first-order chi connectivity index (χ1) is 8.06. The number of carbonyl (C=O) groups is 1. The van der Waals surface area contributed by atoms with Crippen molar-refractivity contribution >= 4 is 33.0 Å². The van der Waals surface area contributed by atoms with E-state index < -0.39 is 17.4 Å². The maximum Gasteiger partial charge on any atom is 0.171 e. The van der Waals surface area contributed by atoms with E-state index >= 15 is 0 Å². The molecule has 88 valence electrons. The molecule has 0 spiro atoms. The predicted molar refractivity (Wildman–Crippen MR) is 66.4 cm³/mol. The second-order valence-electron chi connectivity index (χ2n) is 3.43. The first-order valence-electron chi connectivity index (χ1n) is 4.79. The number of carbonyl (C=O) groups excluding carboxylic acids is 1. The van der Waals surface area contributed by atoms with Gasteiger partial charge in [-0.15, -0.1) is 11.3 Å². The molecule has 0 unspecified atom stereocenters. The van der Waals surface area contributed by atoms with E-state index in [2.05, 4.69) is 15.9 Å². The second kappa shape index (κ2) is 5.06. The number of Topliss-reactive ketones (excluding diaryl/α,β-unsaturated/α-hetero) is 1. The summed E-state index contributed by atoms with van der Waals surface area (Å²) >= 11 is 4.68. The second-order valence-corrected chi connectivity index (χ2v) is 5.98. The highest BCUT2D eigenvalue weighted by molar-refractivity contribution is 9.11. The summed E-state index contributed by atoms with van der Waals surface area (Å²) in [6, 6.07) is 6.49. The van der Waals surface area contributed by atoms with Crippen LogP contribution in [0.25, 0.3) is 0 Å². The summed E-state index contributed by atoms with van der Waals surface area (Å²) in [6.45, 7) is 0. The number of ketones is 1. The van der Waals surface area contributed by atoms with Crippen LogP contribution in [0.15, 0.2) is 34.1 Å². The van der Waals surface area contributed by atoms with E-state index in [-0.39, 0.29) is 12.0 Å². The highest BCUT2D eigenvalue weighted by atomic mass is 79.9. The summed E-state index contributed by atoms with van der Waals surface area (Å²) in [6.07, 6.45) is 0.0800. The van der Waals surface area contributed by atoms with Crippen LogP contribution >= 0.6 is 27.3 Å². The fourth-order valence-corrected chi connectivity index (χ4v) is 2.89. The van der Waals surface area contributed by atoms with E-state index in [4.69, 9.17) is 0 Å². The van der Waals surface area contributed by atoms with Crippen LogP contribution in [0, 0.1) is 11.6 Å². The molecule has 0 N–H and O–H groups in total. The van der Waals surface area contributed by atoms with Crippen molar-refractivity contribution in [3.05, 3.63) is 56.2 Å². The number of halogens is 3. The highest BCUT2D eigenvalue weighted by Crippen LogP contribution is 2.23. The van der Waals surface area contributed by atoms with Crippen LogP contribution in [0.2, 0.25) is 0 Å². The quantitative estimate of drug-likeness (QED) is 0.775. The van der Waals surface area contributed by atoms with Crippen LogP contribution in [0.3, 0.4) is 0 Å². The summed E-state index contributed by atoms with van der Waals surface area (Å²) < 4.78 is 27.2. The van der Waals surface area contributed by atoms with Gasteiger partial charge in [0.2, 0.25) is 0 Å². The minimum Gasteiger partial charge on any atom is -0.294 e. The van der Waals surface area contributed by atoms with Crippen molar-refractivity contribution in [1.29, 1.82) is 0 Å². The molecule has 0 fully saturated rings. The predicted octanol–water partition coefficient (Wildman–Crippen LogP) is 4.21. The molecule has 0 saturated heterocycles. The number of hydrogen-bond acceptors (Lipinski definition) is 2. The molecule has 0 aliphatic carbocycles. The molecule has 0 radical (unpaired) electrons. The Kier molecular flexibility index (Phi) is 3.69. The molecule has 1 heterocycles. The van der Waals surface area contributed by atoms with Crippen molar-refractivity contribution in [3.63, 3.8) is 0 Å². The van der Waals surface area contributed by atoms with Crippen molar-refractivity contribution in [2.24, 2.45) is 0 Å². The molecule has 17 heavy (non-hydrogen) atoms. The Morgan fingerprint density at radius 1 is 1.24 bits per heavy atom. The summed E-state index contributed by atoms with van der Waals surface area (Å²) in [5.74, 6) is -1.72. The Hall–Kier alpha value is -1.07. The zero-order chi connectivity index (χ0) is 12.4. The van der Waals surface area contributed by atoms with Crippen LogP contribution in [-0.4, -0.2) is 5.78 Å². The van der Waals surface area contributed by atoms with Crippen molar-refractivity contribution in [3.8, 4) is 0 Å². The molecule has 1 aromatic heterocycles. The maximum atomic E-state index is 13.3. The van der Waals surface area contributed by atoms with Gasteiger partial charge in [-0.25, -0.2) is 8.78 Å². The number of thiophene rings is 1. The van der Waals surface area contributed by atoms with Crippen LogP contribution in [0.5, 0.6) is 0 Å². The summed E-state index contributed by atoms with van der Waals surface area (Å²) in [4.78, 5) is 12.6. The fraction of sp³-hybridized carbons (Fsp3) is 0.0833. The lowest BCUT2D eigenvalue weighted by Crippen LogP contribution is -2.05.